The van der Waals surface area contributed by atoms with Gasteiger partial charge in [-0.25, -0.2) is 4.98 Å². The number of carbonyl (C=O) groups excluding carboxylic acids is 1. The fourth-order valence-electron chi connectivity index (χ4n) is 2.09. The summed E-state index contributed by atoms with van der Waals surface area (Å²) in [6, 6.07) is -0.156. The highest BCUT2D eigenvalue weighted by Crippen LogP contribution is 2.11. The summed E-state index contributed by atoms with van der Waals surface area (Å²) in [6.07, 6.45) is 2.52. The first-order chi connectivity index (χ1) is 9.49. The number of nitrogens with zero attached hydrogens (tertiary/aromatic N) is 4. The number of hydrogen-bond donors (Lipinski definition) is 2. The van der Waals surface area contributed by atoms with Crippen molar-refractivity contribution in [3.63, 3.8) is 0 Å². The van der Waals surface area contributed by atoms with E-state index in [1.165, 1.54) is 6.33 Å². The Hall–Kier alpha value is -2.18. The Bertz CT molecular complexity index is 600. The molecule has 0 saturated carbocycles. The lowest BCUT2D eigenvalue weighted by Gasteiger charge is -2.12. The average molecular weight is 276 g/mol. The molecule has 7 heteroatoms. The van der Waals surface area contributed by atoms with Gasteiger partial charge in [0.25, 0.3) is 0 Å². The van der Waals surface area contributed by atoms with E-state index in [1.54, 1.807) is 11.7 Å². The highest BCUT2D eigenvalue weighted by molar-refractivity contribution is 5.76. The maximum absolute atomic E-state index is 11.9. The maximum Gasteiger partial charge on any atom is 0.220 e. The summed E-state index contributed by atoms with van der Waals surface area (Å²) in [6.45, 7) is 5.88. The van der Waals surface area contributed by atoms with Crippen molar-refractivity contribution in [3.05, 3.63) is 29.1 Å². The minimum atomic E-state index is -0.156. The molecule has 7 nitrogen and oxygen atoms in total. The molecule has 1 atom stereocenters. The molecule has 1 amide bonds. The number of amides is 1. The minimum Gasteiger partial charge on any atom is -0.346 e. The van der Waals surface area contributed by atoms with Crippen molar-refractivity contribution < 1.29 is 4.79 Å². The van der Waals surface area contributed by atoms with Crippen molar-refractivity contribution in [2.45, 2.75) is 39.7 Å². The SMILES string of the molecule is Cc1[nH]nc(CCC(=O)N[C@@H](C)c2ncnn2C)c1C. The van der Waals surface area contributed by atoms with E-state index in [0.29, 0.717) is 12.8 Å². The van der Waals surface area contributed by atoms with E-state index in [-0.39, 0.29) is 11.9 Å². The third-order valence-electron chi connectivity index (χ3n) is 3.45. The van der Waals surface area contributed by atoms with Crippen LogP contribution in [0.1, 0.15) is 42.2 Å². The second-order valence-corrected chi connectivity index (χ2v) is 4.95. The topological polar surface area (TPSA) is 88.5 Å². The number of aromatic amines is 1. The zero-order valence-corrected chi connectivity index (χ0v) is 12.3. The Kier molecular flexibility index (Phi) is 4.16. The lowest BCUT2D eigenvalue weighted by molar-refractivity contribution is -0.121. The molecule has 0 spiro atoms. The van der Waals surface area contributed by atoms with E-state index in [1.807, 2.05) is 20.8 Å². The summed E-state index contributed by atoms with van der Waals surface area (Å²) in [5.74, 6) is 0.727. The minimum absolute atomic E-state index is 0.0134. The molecular weight excluding hydrogens is 256 g/mol. The fraction of sp³-hybridized carbons (Fsp3) is 0.538. The second-order valence-electron chi connectivity index (χ2n) is 4.95. The molecule has 0 aliphatic heterocycles. The van der Waals surface area contributed by atoms with Gasteiger partial charge >= 0.3 is 0 Å². The van der Waals surface area contributed by atoms with E-state index >= 15 is 0 Å². The summed E-state index contributed by atoms with van der Waals surface area (Å²) >= 11 is 0. The lowest BCUT2D eigenvalue weighted by atomic mass is 10.1. The number of hydrogen-bond acceptors (Lipinski definition) is 4. The lowest BCUT2D eigenvalue weighted by Crippen LogP contribution is -2.28. The van der Waals surface area contributed by atoms with E-state index < -0.39 is 0 Å². The number of rotatable bonds is 5. The summed E-state index contributed by atoms with van der Waals surface area (Å²) in [5, 5.41) is 14.0. The van der Waals surface area contributed by atoms with Crippen LogP contribution >= 0.6 is 0 Å². The van der Waals surface area contributed by atoms with Crippen molar-refractivity contribution in [2.75, 3.05) is 0 Å². The van der Waals surface area contributed by atoms with Gasteiger partial charge in [0, 0.05) is 25.6 Å². The number of aromatic nitrogens is 5. The molecule has 0 radical (unpaired) electrons. The predicted molar refractivity (Wildman–Crippen MR) is 73.9 cm³/mol. The van der Waals surface area contributed by atoms with Gasteiger partial charge < -0.3 is 5.32 Å². The van der Waals surface area contributed by atoms with Crippen LogP contribution in [-0.2, 0) is 18.3 Å². The number of H-pyrrole nitrogens is 1. The highest BCUT2D eigenvalue weighted by Gasteiger charge is 2.15. The van der Waals surface area contributed by atoms with Crippen LogP contribution in [0.25, 0.3) is 0 Å². The van der Waals surface area contributed by atoms with E-state index in [4.69, 9.17) is 0 Å². The number of nitrogens with one attached hydrogen (secondary N) is 2. The Balaban J connectivity index is 1.87. The Morgan fingerprint density at radius 3 is 2.80 bits per heavy atom. The predicted octanol–water partition coefficient (Wildman–Crippen LogP) is 0.965. The van der Waals surface area contributed by atoms with E-state index in [2.05, 4.69) is 25.6 Å². The van der Waals surface area contributed by atoms with Crippen molar-refractivity contribution in [3.8, 4) is 0 Å². The number of carbonyl (C=O) groups is 1. The van der Waals surface area contributed by atoms with Crippen molar-refractivity contribution in [1.82, 2.24) is 30.3 Å². The molecule has 20 heavy (non-hydrogen) atoms. The first kappa shape index (κ1) is 14.2. The third kappa shape index (κ3) is 3.04. The van der Waals surface area contributed by atoms with Crippen molar-refractivity contribution in [2.24, 2.45) is 7.05 Å². The molecule has 0 unspecified atom stereocenters. The molecule has 0 aliphatic carbocycles. The molecule has 0 fully saturated rings. The quantitative estimate of drug-likeness (QED) is 0.851. The standard InChI is InChI=1S/C13H20N6O/c1-8-9(2)17-18-11(8)5-6-12(20)16-10(3)13-14-7-15-19(13)4/h7,10H,5-6H2,1-4H3,(H,16,20)(H,17,18)/t10-/m0/s1. The van der Waals surface area contributed by atoms with Crippen LogP contribution in [0.5, 0.6) is 0 Å². The second kappa shape index (κ2) is 5.85. The zero-order valence-electron chi connectivity index (χ0n) is 12.3. The van der Waals surface area contributed by atoms with Crippen molar-refractivity contribution >= 4 is 5.91 Å². The Labute approximate surface area is 117 Å². The first-order valence-corrected chi connectivity index (χ1v) is 6.62. The molecule has 0 bridgehead atoms. The molecule has 108 valence electrons. The molecule has 0 saturated heterocycles. The van der Waals surface area contributed by atoms with Crippen molar-refractivity contribution in [1.29, 1.82) is 0 Å². The monoisotopic (exact) mass is 276 g/mol. The molecular formula is C13H20N6O. The van der Waals surface area contributed by atoms with Gasteiger partial charge in [-0.2, -0.15) is 10.2 Å². The molecule has 2 aromatic rings. The van der Waals surface area contributed by atoms with Gasteiger partial charge in [-0.05, 0) is 26.3 Å². The number of aryl methyl sites for hydroxylation is 3. The molecule has 2 N–H and O–H groups in total. The summed E-state index contributed by atoms with van der Waals surface area (Å²) in [7, 11) is 1.81. The maximum atomic E-state index is 11.9. The van der Waals surface area contributed by atoms with Crippen LogP contribution in [-0.4, -0.2) is 30.9 Å². The van der Waals surface area contributed by atoms with Crippen LogP contribution < -0.4 is 5.32 Å². The molecule has 0 aromatic carbocycles. The highest BCUT2D eigenvalue weighted by atomic mass is 16.1. The zero-order chi connectivity index (χ0) is 14.7. The molecule has 2 rings (SSSR count). The van der Waals surface area contributed by atoms with Gasteiger partial charge in [0.2, 0.25) is 5.91 Å². The van der Waals surface area contributed by atoms with Gasteiger partial charge in [0.05, 0.1) is 11.7 Å². The first-order valence-electron chi connectivity index (χ1n) is 6.62. The summed E-state index contributed by atoms with van der Waals surface area (Å²) in [4.78, 5) is 16.1. The van der Waals surface area contributed by atoms with E-state index in [0.717, 1.165) is 22.8 Å². The van der Waals surface area contributed by atoms with Gasteiger partial charge in [-0.1, -0.05) is 0 Å². The van der Waals surface area contributed by atoms with E-state index in [9.17, 15) is 4.79 Å². The Morgan fingerprint density at radius 1 is 1.50 bits per heavy atom. The van der Waals surface area contributed by atoms with Crippen LogP contribution in [0.2, 0.25) is 0 Å². The summed E-state index contributed by atoms with van der Waals surface area (Å²) in [5.41, 5.74) is 3.12. The van der Waals surface area contributed by atoms with Crippen LogP contribution in [0.3, 0.4) is 0 Å². The van der Waals surface area contributed by atoms with Gasteiger partial charge in [-0.3, -0.25) is 14.6 Å². The fourth-order valence-corrected chi connectivity index (χ4v) is 2.09. The smallest absolute Gasteiger partial charge is 0.220 e. The largest absolute Gasteiger partial charge is 0.346 e. The summed E-state index contributed by atoms with van der Waals surface area (Å²) < 4.78 is 1.66. The van der Waals surface area contributed by atoms with Crippen LogP contribution in [0, 0.1) is 13.8 Å². The van der Waals surface area contributed by atoms with Gasteiger partial charge in [0.1, 0.15) is 12.2 Å². The van der Waals surface area contributed by atoms with Gasteiger partial charge in [0.15, 0.2) is 0 Å². The molecule has 2 aromatic heterocycles. The Morgan fingerprint density at radius 2 is 2.25 bits per heavy atom. The van der Waals surface area contributed by atoms with Crippen LogP contribution in [0.15, 0.2) is 6.33 Å². The normalized spacial score (nSPS) is 12.4. The molecule has 2 heterocycles. The van der Waals surface area contributed by atoms with Crippen LogP contribution in [0.4, 0.5) is 0 Å². The third-order valence-corrected chi connectivity index (χ3v) is 3.45. The average Bonchev–Trinajstić information content (AvgIpc) is 2.96. The van der Waals surface area contributed by atoms with Gasteiger partial charge in [-0.15, -0.1) is 0 Å². The molecule has 0 aliphatic rings.